The third-order valence-corrected chi connectivity index (χ3v) is 7.19. The number of carbonyl (C=O) groups is 5. The molecule has 292 valence electrons. The van der Waals surface area contributed by atoms with Crippen molar-refractivity contribution in [1.29, 1.82) is 0 Å². The second-order valence-corrected chi connectivity index (χ2v) is 14.0. The molecular weight excluding hydrogens is 692 g/mol. The van der Waals surface area contributed by atoms with E-state index in [1.54, 1.807) is 71.9 Å². The molecule has 2 aromatic rings. The Labute approximate surface area is 309 Å². The van der Waals surface area contributed by atoms with Crippen molar-refractivity contribution in [1.82, 2.24) is 26.8 Å². The number of benzene rings is 2. The van der Waals surface area contributed by atoms with Gasteiger partial charge in [-0.1, -0.05) is 30.3 Å². The van der Waals surface area contributed by atoms with Crippen molar-refractivity contribution < 1.29 is 47.8 Å². The standard InChI is InChI=1S/C36H52N6O11/c1-22(24-19-28(50-9)29(21-27(24)42(48)49)51-17-13-16-30(43)37-8)40-41-33(46)26(20-31(44)52-35(2,3)4)38-32(45)25(18-23-14-11-10-12-15-23)39-34(47)53-36(5,6)7/h10-12,14-15,19,21-22,25-26,40H,13,16-18,20H2,1-9H3,(H,37,43)(H,38,45)(H,39,47)(H,41,46)/t22?,25-,26+/m1/s1. The number of ether oxygens (including phenoxy) is 4. The van der Waals surface area contributed by atoms with E-state index in [2.05, 4.69) is 26.8 Å². The van der Waals surface area contributed by atoms with Crippen LogP contribution in [-0.2, 0) is 35.1 Å². The molecule has 3 atom stereocenters. The summed E-state index contributed by atoms with van der Waals surface area (Å²) in [7, 11) is 2.87. The lowest BCUT2D eigenvalue weighted by molar-refractivity contribution is -0.385. The number of carbonyl (C=O) groups excluding carboxylic acids is 5. The van der Waals surface area contributed by atoms with Crippen LogP contribution in [0.25, 0.3) is 0 Å². The molecule has 17 heteroatoms. The van der Waals surface area contributed by atoms with Gasteiger partial charge in [-0.15, -0.1) is 0 Å². The van der Waals surface area contributed by atoms with E-state index in [1.807, 2.05) is 0 Å². The summed E-state index contributed by atoms with van der Waals surface area (Å²) in [6, 6.07) is 7.77. The Bertz CT molecular complexity index is 1590. The molecule has 0 saturated carbocycles. The van der Waals surface area contributed by atoms with Crippen molar-refractivity contribution in [3.8, 4) is 11.5 Å². The predicted octanol–water partition coefficient (Wildman–Crippen LogP) is 3.54. The number of nitrogens with zero attached hydrogens (tertiary/aromatic N) is 1. The highest BCUT2D eigenvalue weighted by atomic mass is 16.6. The maximum absolute atomic E-state index is 13.7. The molecule has 2 rings (SSSR count). The molecule has 0 bridgehead atoms. The molecule has 0 aliphatic heterocycles. The first kappa shape index (κ1) is 43.7. The van der Waals surface area contributed by atoms with Crippen LogP contribution < -0.4 is 36.3 Å². The summed E-state index contributed by atoms with van der Waals surface area (Å²) in [4.78, 5) is 75.9. The number of esters is 1. The van der Waals surface area contributed by atoms with Gasteiger partial charge in [0.25, 0.3) is 11.6 Å². The molecule has 2 aromatic carbocycles. The van der Waals surface area contributed by atoms with Crippen LogP contribution in [-0.4, -0.2) is 78.8 Å². The highest BCUT2D eigenvalue weighted by Gasteiger charge is 2.32. The summed E-state index contributed by atoms with van der Waals surface area (Å²) in [6.45, 7) is 11.6. The number of nitro groups is 1. The van der Waals surface area contributed by atoms with Crippen LogP contribution in [0.3, 0.4) is 0 Å². The van der Waals surface area contributed by atoms with Gasteiger partial charge in [0.1, 0.15) is 23.3 Å². The third kappa shape index (κ3) is 15.8. The number of nitrogens with one attached hydrogen (secondary N) is 5. The van der Waals surface area contributed by atoms with Crippen LogP contribution in [0.15, 0.2) is 42.5 Å². The molecule has 0 spiro atoms. The fourth-order valence-corrected chi connectivity index (χ4v) is 4.77. The Morgan fingerprint density at radius 1 is 0.868 bits per heavy atom. The van der Waals surface area contributed by atoms with E-state index in [0.29, 0.717) is 12.0 Å². The normalized spacial score (nSPS) is 13.0. The lowest BCUT2D eigenvalue weighted by atomic mass is 10.0. The summed E-state index contributed by atoms with van der Waals surface area (Å²) < 4.78 is 21.8. The van der Waals surface area contributed by atoms with Gasteiger partial charge in [-0.05, 0) is 66.5 Å². The first-order chi connectivity index (χ1) is 24.7. The Balaban J connectivity index is 2.32. The Hall–Kier alpha value is -5.45. The molecule has 0 heterocycles. The van der Waals surface area contributed by atoms with Crippen molar-refractivity contribution in [2.45, 2.75) is 103 Å². The SMILES string of the molecule is CNC(=O)CCCOc1cc([N+](=O)[O-])c(C(C)NNC(=O)[C@H](CC(=O)OC(C)(C)C)NC(=O)[C@@H](Cc2ccccc2)NC(=O)OC(C)(C)C)cc1OC. The Morgan fingerprint density at radius 2 is 1.51 bits per heavy atom. The highest BCUT2D eigenvalue weighted by molar-refractivity contribution is 5.93. The van der Waals surface area contributed by atoms with Gasteiger partial charge in [0.05, 0.1) is 42.7 Å². The maximum atomic E-state index is 13.7. The van der Waals surface area contributed by atoms with Gasteiger partial charge in [0.2, 0.25) is 11.8 Å². The van der Waals surface area contributed by atoms with E-state index in [9.17, 15) is 34.1 Å². The Morgan fingerprint density at radius 3 is 2.08 bits per heavy atom. The molecule has 0 fully saturated rings. The first-order valence-electron chi connectivity index (χ1n) is 17.0. The van der Waals surface area contributed by atoms with Crippen LogP contribution in [0.1, 0.15) is 84.9 Å². The monoisotopic (exact) mass is 744 g/mol. The topological polar surface area (TPSA) is 226 Å². The number of amides is 4. The van der Waals surface area contributed by atoms with E-state index in [0.717, 1.165) is 0 Å². The zero-order valence-electron chi connectivity index (χ0n) is 31.7. The first-order valence-corrected chi connectivity index (χ1v) is 17.0. The van der Waals surface area contributed by atoms with E-state index < -0.39 is 64.5 Å². The van der Waals surface area contributed by atoms with Crippen molar-refractivity contribution in [2.75, 3.05) is 20.8 Å². The molecule has 0 aromatic heterocycles. The summed E-state index contributed by atoms with van der Waals surface area (Å²) >= 11 is 0. The van der Waals surface area contributed by atoms with Gasteiger partial charge in [-0.2, -0.15) is 0 Å². The van der Waals surface area contributed by atoms with Gasteiger partial charge in [0.15, 0.2) is 11.5 Å². The van der Waals surface area contributed by atoms with Crippen molar-refractivity contribution in [3.05, 3.63) is 63.7 Å². The quantitative estimate of drug-likeness (QED) is 0.0640. The average Bonchev–Trinajstić information content (AvgIpc) is 3.06. The van der Waals surface area contributed by atoms with Gasteiger partial charge >= 0.3 is 12.1 Å². The van der Waals surface area contributed by atoms with Crippen LogP contribution >= 0.6 is 0 Å². The molecule has 0 saturated heterocycles. The van der Waals surface area contributed by atoms with Crippen LogP contribution in [0.4, 0.5) is 10.5 Å². The van der Waals surface area contributed by atoms with Gasteiger partial charge < -0.3 is 34.9 Å². The van der Waals surface area contributed by atoms with E-state index in [4.69, 9.17) is 18.9 Å². The minimum absolute atomic E-state index is 0.0290. The fraction of sp³-hybridized carbons (Fsp3) is 0.528. The summed E-state index contributed by atoms with van der Waals surface area (Å²) in [5.41, 5.74) is 3.83. The van der Waals surface area contributed by atoms with Crippen molar-refractivity contribution in [3.63, 3.8) is 0 Å². The van der Waals surface area contributed by atoms with Crippen LogP contribution in [0.5, 0.6) is 11.5 Å². The molecule has 4 amide bonds. The van der Waals surface area contributed by atoms with E-state index in [-0.39, 0.29) is 48.1 Å². The number of hydrazine groups is 1. The average molecular weight is 745 g/mol. The maximum Gasteiger partial charge on any atom is 0.408 e. The molecule has 0 aliphatic rings. The number of nitro benzene ring substituents is 1. The molecular formula is C36H52N6O11. The molecule has 1 unspecified atom stereocenters. The van der Waals surface area contributed by atoms with Gasteiger partial charge in [-0.3, -0.25) is 34.7 Å². The summed E-state index contributed by atoms with van der Waals surface area (Å²) in [5.74, 6) is -2.39. The van der Waals surface area contributed by atoms with Crippen molar-refractivity contribution >= 4 is 35.5 Å². The van der Waals surface area contributed by atoms with Crippen LogP contribution in [0, 0.1) is 10.1 Å². The largest absolute Gasteiger partial charge is 0.493 e. The zero-order chi connectivity index (χ0) is 39.9. The smallest absolute Gasteiger partial charge is 0.408 e. The number of hydrogen-bond acceptors (Lipinski definition) is 12. The second kappa shape index (κ2) is 20.0. The lowest BCUT2D eigenvalue weighted by Crippen LogP contribution is -2.57. The molecule has 0 radical (unpaired) electrons. The van der Waals surface area contributed by atoms with Gasteiger partial charge in [0, 0.05) is 19.9 Å². The molecule has 5 N–H and O–H groups in total. The summed E-state index contributed by atoms with van der Waals surface area (Å²) in [5, 5.41) is 19.7. The minimum Gasteiger partial charge on any atom is -0.493 e. The fourth-order valence-electron chi connectivity index (χ4n) is 4.77. The molecule has 0 aliphatic carbocycles. The predicted molar refractivity (Wildman–Crippen MR) is 194 cm³/mol. The molecule has 53 heavy (non-hydrogen) atoms. The van der Waals surface area contributed by atoms with Gasteiger partial charge in [-0.25, -0.2) is 10.2 Å². The van der Waals surface area contributed by atoms with E-state index in [1.165, 1.54) is 33.2 Å². The zero-order valence-corrected chi connectivity index (χ0v) is 31.7. The summed E-state index contributed by atoms with van der Waals surface area (Å²) in [6.07, 6.45) is -0.873. The number of methoxy groups -OCH3 is 1. The second-order valence-electron chi connectivity index (χ2n) is 14.0. The number of rotatable bonds is 18. The lowest BCUT2D eigenvalue weighted by Gasteiger charge is -2.26. The molecule has 17 nitrogen and oxygen atoms in total. The Kier molecular flexibility index (Phi) is 16.5. The minimum atomic E-state index is -1.51. The third-order valence-electron chi connectivity index (χ3n) is 7.19. The number of alkyl carbamates (subject to hydrolysis) is 1. The number of hydrogen-bond donors (Lipinski definition) is 5. The van der Waals surface area contributed by atoms with Crippen molar-refractivity contribution in [2.24, 2.45) is 0 Å². The van der Waals surface area contributed by atoms with Crippen LogP contribution in [0.2, 0.25) is 0 Å². The highest BCUT2D eigenvalue weighted by Crippen LogP contribution is 2.37. The van der Waals surface area contributed by atoms with E-state index >= 15 is 0 Å².